The van der Waals surface area contributed by atoms with Crippen LogP contribution in [0.25, 0.3) is 0 Å². The standard InChI is InChI=1S/C7H7NO3/c9-4-5-2-1-3-6(8-11)7(5)10/h1-4,8,10-11H/p+1. The summed E-state index contributed by atoms with van der Waals surface area (Å²) in [6, 6.07) is 4.54. The van der Waals surface area contributed by atoms with E-state index in [0.717, 1.165) is 5.48 Å². The fourth-order valence-electron chi connectivity index (χ4n) is 0.779. The third-order valence-corrected chi connectivity index (χ3v) is 1.36. The van der Waals surface area contributed by atoms with Crippen molar-refractivity contribution in [3.63, 3.8) is 0 Å². The minimum atomic E-state index is -0.190. The first-order valence-electron chi connectivity index (χ1n) is 3.04. The molecule has 0 aromatic heterocycles. The molecule has 0 unspecified atom stereocenters. The van der Waals surface area contributed by atoms with Crippen LogP contribution in [0.4, 0.5) is 5.69 Å². The van der Waals surface area contributed by atoms with Gasteiger partial charge in [-0.2, -0.15) is 5.48 Å². The number of nitrogens with two attached hydrogens (primary N) is 1. The highest BCUT2D eigenvalue weighted by Crippen LogP contribution is 2.21. The van der Waals surface area contributed by atoms with E-state index in [1.807, 2.05) is 0 Å². The Bertz CT molecular complexity index is 272. The van der Waals surface area contributed by atoms with Crippen LogP contribution >= 0.6 is 0 Å². The molecule has 1 rings (SSSR count). The molecule has 0 amide bonds. The van der Waals surface area contributed by atoms with E-state index in [0.29, 0.717) is 6.29 Å². The van der Waals surface area contributed by atoms with Gasteiger partial charge in [-0.1, -0.05) is 6.07 Å². The first-order valence-corrected chi connectivity index (χ1v) is 3.04. The quantitative estimate of drug-likeness (QED) is 0.239. The summed E-state index contributed by atoms with van der Waals surface area (Å²) in [5, 5.41) is 17.7. The number of aromatic hydroxyl groups is 1. The maximum atomic E-state index is 10.2. The van der Waals surface area contributed by atoms with Crippen LogP contribution in [0.15, 0.2) is 18.2 Å². The number of hydrogen-bond acceptors (Lipinski definition) is 3. The molecule has 4 N–H and O–H groups in total. The van der Waals surface area contributed by atoms with Gasteiger partial charge in [0.25, 0.3) is 0 Å². The van der Waals surface area contributed by atoms with E-state index < -0.39 is 0 Å². The molecule has 0 atom stereocenters. The fourth-order valence-corrected chi connectivity index (χ4v) is 0.779. The van der Waals surface area contributed by atoms with E-state index in [9.17, 15) is 4.79 Å². The number of para-hydroxylation sites is 1. The molecule has 0 heterocycles. The minimum Gasteiger partial charge on any atom is -0.502 e. The van der Waals surface area contributed by atoms with E-state index in [-0.39, 0.29) is 17.0 Å². The van der Waals surface area contributed by atoms with Crippen molar-refractivity contribution in [1.29, 1.82) is 0 Å². The van der Waals surface area contributed by atoms with Crippen LogP contribution in [-0.4, -0.2) is 16.6 Å². The predicted octanol–water partition coefficient (Wildman–Crippen LogP) is -0.211. The molecule has 1 aromatic rings. The van der Waals surface area contributed by atoms with Gasteiger partial charge in [-0.05, 0) is 6.07 Å². The second-order valence-electron chi connectivity index (χ2n) is 2.03. The molecule has 0 spiro atoms. The molecule has 4 heteroatoms. The second kappa shape index (κ2) is 3.14. The largest absolute Gasteiger partial charge is 0.502 e. The fraction of sp³-hybridized carbons (Fsp3) is 0. The summed E-state index contributed by atoms with van der Waals surface area (Å²) in [5.74, 6) is -0.190. The molecule has 0 radical (unpaired) electrons. The van der Waals surface area contributed by atoms with Crippen molar-refractivity contribution in [2.45, 2.75) is 0 Å². The van der Waals surface area contributed by atoms with Crippen LogP contribution in [-0.2, 0) is 0 Å². The first-order chi connectivity index (χ1) is 5.29. The van der Waals surface area contributed by atoms with Crippen molar-refractivity contribution in [2.24, 2.45) is 0 Å². The molecule has 11 heavy (non-hydrogen) atoms. The Labute approximate surface area is 63.1 Å². The van der Waals surface area contributed by atoms with Gasteiger partial charge in [0, 0.05) is 6.07 Å². The van der Waals surface area contributed by atoms with Crippen molar-refractivity contribution in [2.75, 3.05) is 0 Å². The number of rotatable bonds is 2. The molecule has 58 valence electrons. The average molecular weight is 154 g/mol. The zero-order valence-electron chi connectivity index (χ0n) is 5.69. The SMILES string of the molecule is O=Cc1cccc([NH2+]O)c1O. The summed E-state index contributed by atoms with van der Waals surface area (Å²) in [7, 11) is 0. The molecular weight excluding hydrogens is 146 g/mol. The highest BCUT2D eigenvalue weighted by Gasteiger charge is 2.07. The van der Waals surface area contributed by atoms with Gasteiger partial charge in [-0.3, -0.25) is 4.79 Å². The van der Waals surface area contributed by atoms with Crippen LogP contribution in [0.2, 0.25) is 0 Å². The van der Waals surface area contributed by atoms with Crippen LogP contribution in [0.1, 0.15) is 10.4 Å². The molecule has 0 fully saturated rings. The van der Waals surface area contributed by atoms with Gasteiger partial charge in [-0.25, -0.2) is 5.21 Å². The zero-order chi connectivity index (χ0) is 8.27. The Kier molecular flexibility index (Phi) is 2.20. The van der Waals surface area contributed by atoms with E-state index >= 15 is 0 Å². The van der Waals surface area contributed by atoms with Gasteiger partial charge in [0.15, 0.2) is 12.0 Å². The van der Waals surface area contributed by atoms with E-state index in [4.69, 9.17) is 10.3 Å². The molecule has 0 bridgehead atoms. The Hall–Kier alpha value is -1.39. The normalized spacial score (nSPS) is 9.55. The first kappa shape index (κ1) is 7.71. The lowest BCUT2D eigenvalue weighted by atomic mass is 10.2. The minimum absolute atomic E-state index is 0.174. The van der Waals surface area contributed by atoms with Crippen molar-refractivity contribution < 1.29 is 20.6 Å². The van der Waals surface area contributed by atoms with Crippen molar-refractivity contribution in [3.05, 3.63) is 23.8 Å². The number of phenolic OH excluding ortho intramolecular Hbond substituents is 1. The van der Waals surface area contributed by atoms with Crippen molar-refractivity contribution >= 4 is 12.0 Å². The molecule has 0 saturated heterocycles. The molecular formula is C7H8NO3+. The van der Waals surface area contributed by atoms with Crippen LogP contribution in [0, 0.1) is 0 Å². The third kappa shape index (κ3) is 1.36. The number of hydrogen-bond donors (Lipinski definition) is 3. The van der Waals surface area contributed by atoms with Crippen LogP contribution in [0.5, 0.6) is 5.75 Å². The molecule has 0 aliphatic rings. The number of benzene rings is 1. The van der Waals surface area contributed by atoms with Crippen molar-refractivity contribution in [3.8, 4) is 5.75 Å². The van der Waals surface area contributed by atoms with Crippen LogP contribution < -0.4 is 5.48 Å². The van der Waals surface area contributed by atoms with Gasteiger partial charge in [-0.15, -0.1) is 0 Å². The summed E-state index contributed by atoms with van der Waals surface area (Å²) >= 11 is 0. The van der Waals surface area contributed by atoms with E-state index in [1.54, 1.807) is 6.07 Å². The topological polar surface area (TPSA) is 74.1 Å². The zero-order valence-corrected chi connectivity index (χ0v) is 5.69. The second-order valence-corrected chi connectivity index (χ2v) is 2.03. The maximum absolute atomic E-state index is 10.2. The summed E-state index contributed by atoms with van der Waals surface area (Å²) in [5.41, 5.74) is 1.17. The molecule has 4 nitrogen and oxygen atoms in total. The van der Waals surface area contributed by atoms with Gasteiger partial charge >= 0.3 is 0 Å². The van der Waals surface area contributed by atoms with Gasteiger partial charge in [0.1, 0.15) is 0 Å². The monoisotopic (exact) mass is 154 g/mol. The van der Waals surface area contributed by atoms with Crippen LogP contribution in [0.3, 0.4) is 0 Å². The highest BCUT2D eigenvalue weighted by atomic mass is 16.5. The lowest BCUT2D eigenvalue weighted by molar-refractivity contribution is -0.826. The molecule has 0 aliphatic heterocycles. The van der Waals surface area contributed by atoms with Crippen molar-refractivity contribution in [1.82, 2.24) is 0 Å². The molecule has 1 aromatic carbocycles. The summed E-state index contributed by atoms with van der Waals surface area (Å²) < 4.78 is 0. The predicted molar refractivity (Wildman–Crippen MR) is 36.9 cm³/mol. The molecule has 0 saturated carbocycles. The number of quaternary nitrogens is 1. The summed E-state index contributed by atoms with van der Waals surface area (Å²) in [6.45, 7) is 0. The van der Waals surface area contributed by atoms with Gasteiger partial charge in [0.05, 0.1) is 5.56 Å². The third-order valence-electron chi connectivity index (χ3n) is 1.36. The maximum Gasteiger partial charge on any atom is 0.204 e. The highest BCUT2D eigenvalue weighted by molar-refractivity contribution is 5.81. The van der Waals surface area contributed by atoms with E-state index in [1.165, 1.54) is 12.1 Å². The lowest BCUT2D eigenvalue weighted by Crippen LogP contribution is -2.73. The smallest absolute Gasteiger partial charge is 0.204 e. The number of carbonyl (C=O) groups excluding carboxylic acids is 1. The summed E-state index contributed by atoms with van der Waals surface area (Å²) in [6.07, 6.45) is 0.530. The van der Waals surface area contributed by atoms with Gasteiger partial charge < -0.3 is 5.11 Å². The Morgan fingerprint density at radius 1 is 1.45 bits per heavy atom. The summed E-state index contributed by atoms with van der Waals surface area (Å²) in [4.78, 5) is 10.2. The average Bonchev–Trinajstić information content (AvgIpc) is 2.05. The number of phenols is 1. The number of carbonyl (C=O) groups is 1. The number of aldehydes is 1. The Morgan fingerprint density at radius 2 is 2.18 bits per heavy atom. The van der Waals surface area contributed by atoms with Gasteiger partial charge in [0.2, 0.25) is 5.69 Å². The Morgan fingerprint density at radius 3 is 2.73 bits per heavy atom. The molecule has 0 aliphatic carbocycles. The Balaban J connectivity index is 3.20. The lowest BCUT2D eigenvalue weighted by Gasteiger charge is -1.97. The van der Waals surface area contributed by atoms with E-state index in [2.05, 4.69) is 0 Å².